The number of benzene rings is 3. The molecule has 0 aliphatic carbocycles. The second-order valence-electron chi connectivity index (χ2n) is 11.9. The van der Waals surface area contributed by atoms with E-state index in [1.165, 1.54) is 7.11 Å². The fraction of sp³-hybridized carbons (Fsp3) is 0.333. The Hall–Kier alpha value is -4.83. The number of nitrogens with zero attached hydrogens (tertiary/aromatic N) is 3. The largest absolute Gasteiger partial charge is 0.493 e. The molecule has 2 aliphatic heterocycles. The minimum atomic E-state index is -0.943. The van der Waals surface area contributed by atoms with Crippen LogP contribution in [0.15, 0.2) is 82.0 Å². The second kappa shape index (κ2) is 14.3. The van der Waals surface area contributed by atoms with Crippen LogP contribution in [-0.2, 0) is 11.2 Å². The lowest BCUT2D eigenvalue weighted by Crippen LogP contribution is -2.56. The highest BCUT2D eigenvalue weighted by Crippen LogP contribution is 2.26. The third kappa shape index (κ3) is 7.12. The third-order valence-corrected chi connectivity index (χ3v) is 9.08. The van der Waals surface area contributed by atoms with E-state index in [9.17, 15) is 19.2 Å². The third-order valence-electron chi connectivity index (χ3n) is 8.83. The molecule has 1 N–H and O–H groups in total. The van der Waals surface area contributed by atoms with Gasteiger partial charge < -0.3 is 29.2 Å². The summed E-state index contributed by atoms with van der Waals surface area (Å²) >= 11 is 6.10. The van der Waals surface area contributed by atoms with Gasteiger partial charge in [0.25, 0.3) is 11.8 Å². The Labute approximate surface area is 277 Å². The van der Waals surface area contributed by atoms with E-state index in [0.29, 0.717) is 42.5 Å². The fourth-order valence-corrected chi connectivity index (χ4v) is 6.42. The molecule has 10 nitrogen and oxygen atoms in total. The van der Waals surface area contributed by atoms with Crippen LogP contribution in [0.4, 0.5) is 5.69 Å². The standard InChI is InChI=1S/C36H37ClN4O6/c1-46-31-11-7-9-27-30(42)23-32(47-33(27)31)34(43)38-28(22-24-12-14-25(37)15-13-24)36(45)41-20-18-39(19-21-41)29-10-4-3-8-26(29)35(44)40-16-5-2-6-17-40/h3-4,7-15,23,28H,2,5-6,16-22H2,1H3,(H,38,43)/t28-/m1/s1. The maximum atomic E-state index is 14.0. The van der Waals surface area contributed by atoms with Gasteiger partial charge in [0.2, 0.25) is 5.91 Å². The molecule has 6 rings (SSSR count). The molecule has 3 heterocycles. The minimum Gasteiger partial charge on any atom is -0.493 e. The molecule has 4 aromatic rings. The molecule has 11 heteroatoms. The summed E-state index contributed by atoms with van der Waals surface area (Å²) in [4.78, 5) is 59.6. The molecule has 0 unspecified atom stereocenters. The van der Waals surface area contributed by atoms with E-state index < -0.39 is 17.4 Å². The molecule has 0 spiro atoms. The van der Waals surface area contributed by atoms with Crippen LogP contribution in [0.5, 0.6) is 5.75 Å². The van der Waals surface area contributed by atoms with Crippen molar-refractivity contribution in [1.29, 1.82) is 0 Å². The van der Waals surface area contributed by atoms with Crippen molar-refractivity contribution in [2.45, 2.75) is 31.7 Å². The van der Waals surface area contributed by atoms with Gasteiger partial charge in [0.15, 0.2) is 22.5 Å². The summed E-state index contributed by atoms with van der Waals surface area (Å²) in [5.41, 5.74) is 2.10. The molecule has 0 saturated carbocycles. The number of piperidine rings is 1. The average molecular weight is 657 g/mol. The number of anilines is 1. The molecule has 3 amide bonds. The van der Waals surface area contributed by atoms with E-state index in [2.05, 4.69) is 10.2 Å². The van der Waals surface area contributed by atoms with Gasteiger partial charge in [-0.25, -0.2) is 0 Å². The van der Waals surface area contributed by atoms with Gasteiger partial charge in [0.05, 0.1) is 18.1 Å². The number of hydrogen-bond acceptors (Lipinski definition) is 7. The van der Waals surface area contributed by atoms with Crippen molar-refractivity contribution < 1.29 is 23.5 Å². The van der Waals surface area contributed by atoms with E-state index >= 15 is 0 Å². The first-order chi connectivity index (χ1) is 22.8. The molecule has 1 aromatic heterocycles. The van der Waals surface area contributed by atoms with Gasteiger partial charge in [0.1, 0.15) is 6.04 Å². The van der Waals surface area contributed by atoms with Crippen molar-refractivity contribution in [2.75, 3.05) is 51.3 Å². The Balaban J connectivity index is 1.20. The van der Waals surface area contributed by atoms with Crippen LogP contribution >= 0.6 is 11.6 Å². The molecule has 3 aromatic carbocycles. The minimum absolute atomic E-state index is 0.0440. The van der Waals surface area contributed by atoms with Gasteiger partial charge >= 0.3 is 0 Å². The molecule has 1 atom stereocenters. The normalized spacial score (nSPS) is 15.7. The lowest BCUT2D eigenvalue weighted by Gasteiger charge is -2.38. The van der Waals surface area contributed by atoms with Crippen LogP contribution in [-0.4, -0.2) is 79.9 Å². The Kier molecular flexibility index (Phi) is 9.77. The zero-order valence-electron chi connectivity index (χ0n) is 26.2. The summed E-state index contributed by atoms with van der Waals surface area (Å²) in [6, 6.07) is 19.8. The van der Waals surface area contributed by atoms with E-state index in [-0.39, 0.29) is 35.0 Å². The molecule has 0 bridgehead atoms. The van der Waals surface area contributed by atoms with Crippen molar-refractivity contribution in [3.63, 3.8) is 0 Å². The van der Waals surface area contributed by atoms with Crippen LogP contribution in [0.2, 0.25) is 5.02 Å². The Morgan fingerprint density at radius 2 is 1.60 bits per heavy atom. The summed E-state index contributed by atoms with van der Waals surface area (Å²) in [7, 11) is 1.45. The van der Waals surface area contributed by atoms with Crippen molar-refractivity contribution >= 4 is 46.0 Å². The number of carbonyl (C=O) groups excluding carboxylic acids is 3. The number of hydrogen-bond donors (Lipinski definition) is 1. The average Bonchev–Trinajstić information content (AvgIpc) is 3.11. The molecular formula is C36H37ClN4O6. The monoisotopic (exact) mass is 656 g/mol. The van der Waals surface area contributed by atoms with Gasteiger partial charge in [-0.2, -0.15) is 0 Å². The molecule has 2 aliphatic rings. The number of amides is 3. The molecule has 47 heavy (non-hydrogen) atoms. The highest BCUT2D eigenvalue weighted by molar-refractivity contribution is 6.30. The maximum Gasteiger partial charge on any atom is 0.287 e. The number of halogens is 1. The Morgan fingerprint density at radius 3 is 2.32 bits per heavy atom. The van der Waals surface area contributed by atoms with E-state index in [4.69, 9.17) is 20.8 Å². The number of rotatable bonds is 8. The second-order valence-corrected chi connectivity index (χ2v) is 12.3. The number of nitrogens with one attached hydrogen (secondary N) is 1. The molecule has 0 radical (unpaired) electrons. The first-order valence-electron chi connectivity index (χ1n) is 15.9. The Bertz CT molecular complexity index is 1830. The van der Waals surface area contributed by atoms with Gasteiger partial charge in [0, 0.05) is 62.5 Å². The number of likely N-dealkylation sites (tertiary alicyclic amines) is 1. The van der Waals surface area contributed by atoms with E-state index in [0.717, 1.165) is 49.7 Å². The topological polar surface area (TPSA) is 112 Å². The van der Waals surface area contributed by atoms with Crippen LogP contribution in [0, 0.1) is 0 Å². The van der Waals surface area contributed by atoms with Crippen LogP contribution in [0.25, 0.3) is 11.0 Å². The summed E-state index contributed by atoms with van der Waals surface area (Å²) in [6.07, 6.45) is 3.38. The lowest BCUT2D eigenvalue weighted by atomic mass is 10.0. The van der Waals surface area contributed by atoms with Gasteiger partial charge in [-0.1, -0.05) is 41.9 Å². The summed E-state index contributed by atoms with van der Waals surface area (Å²) in [5.74, 6) is -0.805. The first kappa shape index (κ1) is 32.1. The molecule has 244 valence electrons. The maximum absolute atomic E-state index is 14.0. The summed E-state index contributed by atoms with van der Waals surface area (Å²) in [6.45, 7) is 3.40. The fourth-order valence-electron chi connectivity index (χ4n) is 6.30. The molecule has 2 fully saturated rings. The highest BCUT2D eigenvalue weighted by atomic mass is 35.5. The molecule has 2 saturated heterocycles. The number of carbonyl (C=O) groups is 3. The molecular weight excluding hydrogens is 620 g/mol. The lowest BCUT2D eigenvalue weighted by molar-refractivity contribution is -0.133. The zero-order valence-corrected chi connectivity index (χ0v) is 27.0. The number of piperazine rings is 1. The van der Waals surface area contributed by atoms with Crippen molar-refractivity contribution in [3.8, 4) is 5.75 Å². The van der Waals surface area contributed by atoms with Crippen LogP contribution < -0.4 is 20.4 Å². The Morgan fingerprint density at radius 1 is 0.872 bits per heavy atom. The zero-order chi connectivity index (χ0) is 32.9. The van der Waals surface area contributed by atoms with Crippen molar-refractivity contribution in [3.05, 3.63) is 105 Å². The van der Waals surface area contributed by atoms with Crippen LogP contribution in [0.1, 0.15) is 45.7 Å². The van der Waals surface area contributed by atoms with Gasteiger partial charge in [-0.3, -0.25) is 19.2 Å². The summed E-state index contributed by atoms with van der Waals surface area (Å²) < 4.78 is 11.2. The number of para-hydroxylation sites is 2. The van der Waals surface area contributed by atoms with Crippen LogP contribution in [0.3, 0.4) is 0 Å². The predicted molar refractivity (Wildman–Crippen MR) is 180 cm³/mol. The van der Waals surface area contributed by atoms with E-state index in [1.807, 2.05) is 41.3 Å². The van der Waals surface area contributed by atoms with Gasteiger partial charge in [-0.15, -0.1) is 0 Å². The highest BCUT2D eigenvalue weighted by Gasteiger charge is 2.31. The van der Waals surface area contributed by atoms with Crippen molar-refractivity contribution in [1.82, 2.24) is 15.1 Å². The van der Waals surface area contributed by atoms with E-state index in [1.54, 1.807) is 35.2 Å². The quantitative estimate of drug-likeness (QED) is 0.291. The van der Waals surface area contributed by atoms with Crippen molar-refractivity contribution in [2.24, 2.45) is 0 Å². The summed E-state index contributed by atoms with van der Waals surface area (Å²) in [5, 5.41) is 3.67. The van der Waals surface area contributed by atoms with Gasteiger partial charge in [-0.05, 0) is 61.2 Å². The number of methoxy groups -OCH3 is 1. The predicted octanol–water partition coefficient (Wildman–Crippen LogP) is 4.77. The smallest absolute Gasteiger partial charge is 0.287 e. The first-order valence-corrected chi connectivity index (χ1v) is 16.3. The number of fused-ring (bicyclic) bond motifs is 1. The number of ether oxygens (including phenoxy) is 1. The SMILES string of the molecule is COc1cccc2c(=O)cc(C(=O)N[C@H](Cc3ccc(Cl)cc3)C(=O)N3CCN(c4ccccc4C(=O)N4CCCCC4)CC3)oc12.